The SMILES string of the molecule is CC(C)n1c(CCC(O)CC(O)CC(=O)[O-])c(-c2ccc(F)cc2)c(-c2ccccc2)c1C(=O)NCc1cccc(C(=O)N2CCCC2)c1.[Na+]. The number of carboxylic acids is 1. The summed E-state index contributed by atoms with van der Waals surface area (Å²) in [5, 5.41) is 35.0. The predicted octanol–water partition coefficient (Wildman–Crippen LogP) is 1.90. The van der Waals surface area contributed by atoms with Gasteiger partial charge in [0.05, 0.1) is 12.2 Å². The van der Waals surface area contributed by atoms with Crippen LogP contribution < -0.4 is 40.0 Å². The number of carboxylic acid groups (broad SMARTS) is 1. The second-order valence-electron chi connectivity index (χ2n) is 12.9. The summed E-state index contributed by atoms with van der Waals surface area (Å²) in [6, 6.07) is 22.6. The summed E-state index contributed by atoms with van der Waals surface area (Å²) in [7, 11) is 0. The van der Waals surface area contributed by atoms with Crippen LogP contribution in [0.25, 0.3) is 22.3 Å². The molecule has 0 saturated carbocycles. The van der Waals surface area contributed by atoms with E-state index in [-0.39, 0.29) is 73.2 Å². The summed E-state index contributed by atoms with van der Waals surface area (Å²) in [6.07, 6.45) is -0.603. The van der Waals surface area contributed by atoms with E-state index < -0.39 is 30.4 Å². The number of aliphatic hydroxyl groups excluding tert-OH is 2. The first-order chi connectivity index (χ1) is 23.5. The number of halogens is 1. The zero-order valence-electron chi connectivity index (χ0n) is 28.9. The Morgan fingerprint density at radius 2 is 1.54 bits per heavy atom. The van der Waals surface area contributed by atoms with Crippen molar-refractivity contribution in [3.05, 3.63) is 107 Å². The van der Waals surface area contributed by atoms with E-state index in [4.69, 9.17) is 0 Å². The maximum atomic E-state index is 14.4. The summed E-state index contributed by atoms with van der Waals surface area (Å²) < 4.78 is 16.1. The van der Waals surface area contributed by atoms with E-state index in [1.165, 1.54) is 12.1 Å². The van der Waals surface area contributed by atoms with Gasteiger partial charge in [0.1, 0.15) is 11.5 Å². The van der Waals surface area contributed by atoms with Crippen LogP contribution in [0.2, 0.25) is 0 Å². The van der Waals surface area contributed by atoms with Crippen molar-refractivity contribution in [3.63, 3.8) is 0 Å². The minimum absolute atomic E-state index is 0. The number of benzene rings is 3. The number of nitrogens with zero attached hydrogens (tertiary/aromatic N) is 2. The maximum absolute atomic E-state index is 14.4. The Balaban J connectivity index is 0.00000562. The van der Waals surface area contributed by atoms with Crippen LogP contribution in [-0.4, -0.2) is 62.8 Å². The number of aliphatic carboxylic acids is 1. The molecule has 5 rings (SSSR count). The van der Waals surface area contributed by atoms with Crippen LogP contribution in [0.15, 0.2) is 78.9 Å². The molecule has 2 atom stereocenters. The standard InChI is InChI=1S/C39H44FN3O6.Na/c1-25(2)43-33(18-17-31(44)22-32(45)23-34(46)47)35(28-13-15-30(40)16-14-28)36(27-10-4-3-5-11-27)37(43)38(48)41-24-26-9-8-12-29(21-26)39(49)42-19-6-7-20-42;/h3-5,8-16,21,25,31-32,44-45H,6-7,17-20,22-24H2,1-2H3,(H,41,48)(H,46,47);/q;+1/p-1. The van der Waals surface area contributed by atoms with Gasteiger partial charge in [-0.25, -0.2) is 4.39 Å². The van der Waals surface area contributed by atoms with Crippen LogP contribution >= 0.6 is 0 Å². The molecule has 2 amide bonds. The average Bonchev–Trinajstić information content (AvgIpc) is 3.74. The van der Waals surface area contributed by atoms with Gasteiger partial charge < -0.3 is 34.9 Å². The van der Waals surface area contributed by atoms with E-state index in [0.717, 1.165) is 42.8 Å². The Morgan fingerprint density at radius 1 is 0.880 bits per heavy atom. The van der Waals surface area contributed by atoms with Gasteiger partial charge in [-0.15, -0.1) is 0 Å². The van der Waals surface area contributed by atoms with Crippen molar-refractivity contribution in [2.75, 3.05) is 13.1 Å². The number of nitrogens with one attached hydrogen (secondary N) is 1. The smallest absolute Gasteiger partial charge is 0.550 e. The molecule has 258 valence electrons. The molecule has 0 radical (unpaired) electrons. The molecular formula is C39H43FN3NaO6. The molecule has 4 aromatic rings. The van der Waals surface area contributed by atoms with E-state index in [1.807, 2.05) is 71.8 Å². The second kappa shape index (κ2) is 17.9. The molecule has 1 aliphatic rings. The van der Waals surface area contributed by atoms with Crippen LogP contribution in [0.3, 0.4) is 0 Å². The van der Waals surface area contributed by atoms with E-state index in [1.54, 1.807) is 18.2 Å². The normalized spacial score (nSPS) is 13.9. The zero-order chi connectivity index (χ0) is 35.1. The predicted molar refractivity (Wildman–Crippen MR) is 183 cm³/mol. The minimum atomic E-state index is -1.40. The minimum Gasteiger partial charge on any atom is -0.550 e. The quantitative estimate of drug-likeness (QED) is 0.173. The number of aliphatic hydroxyl groups is 2. The number of aromatic nitrogens is 1. The van der Waals surface area contributed by atoms with E-state index >= 15 is 0 Å². The van der Waals surface area contributed by atoms with Gasteiger partial charge in [0, 0.05) is 60.5 Å². The molecule has 1 fully saturated rings. The summed E-state index contributed by atoms with van der Waals surface area (Å²) in [5.74, 6) is -2.17. The fourth-order valence-electron chi connectivity index (χ4n) is 6.68. The van der Waals surface area contributed by atoms with Gasteiger partial charge in [-0.2, -0.15) is 0 Å². The topological polar surface area (TPSA) is 135 Å². The van der Waals surface area contributed by atoms with Gasteiger partial charge in [0.2, 0.25) is 0 Å². The Morgan fingerprint density at radius 3 is 2.18 bits per heavy atom. The Hall–Kier alpha value is -3.80. The Labute approximate surface area is 314 Å². The first-order valence-electron chi connectivity index (χ1n) is 16.8. The Bertz CT molecular complexity index is 1770. The van der Waals surface area contributed by atoms with Gasteiger partial charge >= 0.3 is 29.6 Å². The molecule has 1 aromatic heterocycles. The zero-order valence-corrected chi connectivity index (χ0v) is 30.9. The number of carbonyl (C=O) groups excluding carboxylic acids is 3. The van der Waals surface area contributed by atoms with Crippen LogP contribution in [0, 0.1) is 5.82 Å². The number of rotatable bonds is 14. The molecule has 3 aromatic carbocycles. The molecule has 11 heteroatoms. The summed E-state index contributed by atoms with van der Waals surface area (Å²) in [4.78, 5) is 40.2. The second-order valence-corrected chi connectivity index (χ2v) is 12.9. The van der Waals surface area contributed by atoms with E-state index in [9.17, 15) is 34.1 Å². The molecule has 0 bridgehead atoms. The van der Waals surface area contributed by atoms with Crippen molar-refractivity contribution in [3.8, 4) is 22.3 Å². The third-order valence-electron chi connectivity index (χ3n) is 8.92. The van der Waals surface area contributed by atoms with Crippen molar-refractivity contribution >= 4 is 17.8 Å². The molecule has 3 N–H and O–H groups in total. The van der Waals surface area contributed by atoms with Crippen molar-refractivity contribution in [2.24, 2.45) is 0 Å². The molecule has 9 nitrogen and oxygen atoms in total. The van der Waals surface area contributed by atoms with Crippen LogP contribution in [0.5, 0.6) is 0 Å². The van der Waals surface area contributed by atoms with E-state index in [0.29, 0.717) is 27.9 Å². The molecule has 1 saturated heterocycles. The Kier molecular flexibility index (Phi) is 14.0. The van der Waals surface area contributed by atoms with Crippen LogP contribution in [0.1, 0.15) is 84.1 Å². The molecular weight excluding hydrogens is 648 g/mol. The molecule has 0 spiro atoms. The summed E-state index contributed by atoms with van der Waals surface area (Å²) >= 11 is 0. The first-order valence-corrected chi connectivity index (χ1v) is 16.8. The largest absolute Gasteiger partial charge is 1.00 e. The van der Waals surface area contributed by atoms with Crippen LogP contribution in [0.4, 0.5) is 4.39 Å². The molecule has 2 unspecified atom stereocenters. The molecule has 50 heavy (non-hydrogen) atoms. The van der Waals surface area contributed by atoms with Gasteiger partial charge in [-0.05, 0) is 86.9 Å². The number of likely N-dealkylation sites (tertiary alicyclic amines) is 1. The van der Waals surface area contributed by atoms with Gasteiger partial charge in [0.15, 0.2) is 0 Å². The molecule has 2 heterocycles. The summed E-state index contributed by atoms with van der Waals surface area (Å²) in [6.45, 7) is 5.57. The first kappa shape index (κ1) is 39.0. The number of hydrogen-bond acceptors (Lipinski definition) is 6. The number of carbonyl (C=O) groups is 3. The van der Waals surface area contributed by atoms with Gasteiger partial charge in [-0.1, -0.05) is 54.6 Å². The van der Waals surface area contributed by atoms with Gasteiger partial charge in [-0.3, -0.25) is 9.59 Å². The van der Waals surface area contributed by atoms with Crippen molar-refractivity contribution in [1.29, 1.82) is 0 Å². The summed E-state index contributed by atoms with van der Waals surface area (Å²) in [5.41, 5.74) is 5.30. The monoisotopic (exact) mass is 691 g/mol. The molecule has 1 aliphatic heterocycles. The van der Waals surface area contributed by atoms with E-state index in [2.05, 4.69) is 5.32 Å². The third-order valence-corrected chi connectivity index (χ3v) is 8.92. The third kappa shape index (κ3) is 9.50. The van der Waals surface area contributed by atoms with Crippen molar-refractivity contribution < 1.29 is 63.7 Å². The van der Waals surface area contributed by atoms with Crippen LogP contribution in [-0.2, 0) is 17.8 Å². The van der Waals surface area contributed by atoms with Crippen molar-refractivity contribution in [1.82, 2.24) is 14.8 Å². The van der Waals surface area contributed by atoms with Crippen molar-refractivity contribution in [2.45, 2.75) is 77.2 Å². The fraction of sp³-hybridized carbons (Fsp3) is 0.359. The average molecular weight is 692 g/mol. The maximum Gasteiger partial charge on any atom is 1.00 e. The molecule has 0 aliphatic carbocycles. The fourth-order valence-corrected chi connectivity index (χ4v) is 6.68. The van der Waals surface area contributed by atoms with Gasteiger partial charge in [0.25, 0.3) is 11.8 Å². The number of amides is 2. The number of hydrogen-bond donors (Lipinski definition) is 3.